The van der Waals surface area contributed by atoms with Gasteiger partial charge in [0.25, 0.3) is 0 Å². The summed E-state index contributed by atoms with van der Waals surface area (Å²) in [5, 5.41) is 8.76. The third-order valence-corrected chi connectivity index (χ3v) is 3.88. The minimum atomic E-state index is 0.542. The van der Waals surface area contributed by atoms with Crippen molar-refractivity contribution in [2.45, 2.75) is 40.3 Å². The lowest BCUT2D eigenvalue weighted by atomic mass is 10.1. The summed E-state index contributed by atoms with van der Waals surface area (Å²) in [6.45, 7) is 8.95. The fourth-order valence-corrected chi connectivity index (χ4v) is 2.66. The van der Waals surface area contributed by atoms with Crippen molar-refractivity contribution in [1.29, 1.82) is 0 Å². The third kappa shape index (κ3) is 4.58. The highest BCUT2D eigenvalue weighted by molar-refractivity contribution is 6.30. The van der Waals surface area contributed by atoms with Crippen LogP contribution in [0.5, 0.6) is 0 Å². The fourth-order valence-electron chi connectivity index (χ4n) is 2.35. The molecule has 0 amide bonds. The number of hydrogen-bond donors (Lipinski definition) is 1. The quantitative estimate of drug-likeness (QED) is 0.788. The molecule has 0 spiro atoms. The lowest BCUT2D eigenvalue weighted by Gasteiger charge is -2.07. The van der Waals surface area contributed by atoms with Gasteiger partial charge in [-0.25, -0.2) is 0 Å². The summed E-state index contributed by atoms with van der Waals surface area (Å²) in [6.07, 6.45) is 1.03. The Hall–Kier alpha value is -1.32. The Bertz CT molecular complexity index is 561. The van der Waals surface area contributed by atoms with Crippen molar-refractivity contribution < 1.29 is 0 Å². The van der Waals surface area contributed by atoms with Crippen molar-refractivity contribution in [2.75, 3.05) is 6.54 Å². The molecule has 4 heteroatoms. The summed E-state index contributed by atoms with van der Waals surface area (Å²) < 4.78 is 1.91. The molecule has 2 aromatic rings. The fraction of sp³-hybridized carbons (Fsp3) is 0.471. The summed E-state index contributed by atoms with van der Waals surface area (Å²) in [6, 6.07) is 10.5. The van der Waals surface area contributed by atoms with Gasteiger partial charge in [-0.15, -0.1) is 0 Å². The number of aryl methyl sites for hydroxylation is 1. The van der Waals surface area contributed by atoms with Crippen LogP contribution in [-0.4, -0.2) is 16.3 Å². The summed E-state index contributed by atoms with van der Waals surface area (Å²) in [5.74, 6) is 0.542. The van der Waals surface area contributed by atoms with Crippen LogP contribution in [0.4, 0.5) is 0 Å². The number of aromatic nitrogens is 2. The lowest BCUT2D eigenvalue weighted by Crippen LogP contribution is -2.17. The van der Waals surface area contributed by atoms with E-state index in [0.717, 1.165) is 42.5 Å². The maximum Gasteiger partial charge on any atom is 0.131 e. The average Bonchev–Trinajstić information content (AvgIpc) is 2.71. The van der Waals surface area contributed by atoms with Gasteiger partial charge in [0, 0.05) is 18.7 Å². The minimum absolute atomic E-state index is 0.542. The normalized spacial score (nSPS) is 11.3. The largest absolute Gasteiger partial charge is 0.312 e. The van der Waals surface area contributed by atoms with Crippen LogP contribution in [0.1, 0.15) is 30.7 Å². The SMILES string of the molecule is Cc1nn(CC(C)C)c(Cl)c1CNCCc1ccccc1. The zero-order chi connectivity index (χ0) is 15.2. The van der Waals surface area contributed by atoms with Crippen molar-refractivity contribution in [2.24, 2.45) is 5.92 Å². The molecule has 0 atom stereocenters. The second-order valence-corrected chi connectivity index (χ2v) is 6.20. The van der Waals surface area contributed by atoms with Gasteiger partial charge in [-0.2, -0.15) is 5.10 Å². The molecular formula is C17H24ClN3. The van der Waals surface area contributed by atoms with Crippen LogP contribution in [0.15, 0.2) is 30.3 Å². The first-order valence-corrected chi connectivity index (χ1v) is 7.92. The maximum absolute atomic E-state index is 6.43. The molecule has 3 nitrogen and oxygen atoms in total. The van der Waals surface area contributed by atoms with Crippen molar-refractivity contribution in [3.63, 3.8) is 0 Å². The average molecular weight is 306 g/mol. The molecule has 1 N–H and O–H groups in total. The van der Waals surface area contributed by atoms with Crippen molar-refractivity contribution in [3.8, 4) is 0 Å². The monoisotopic (exact) mass is 305 g/mol. The smallest absolute Gasteiger partial charge is 0.131 e. The van der Waals surface area contributed by atoms with E-state index >= 15 is 0 Å². The Labute approximate surface area is 132 Å². The van der Waals surface area contributed by atoms with Crippen molar-refractivity contribution in [3.05, 3.63) is 52.3 Å². The molecule has 1 heterocycles. The molecule has 0 saturated heterocycles. The summed E-state index contributed by atoms with van der Waals surface area (Å²) in [5.41, 5.74) is 3.49. The molecule has 114 valence electrons. The first kappa shape index (κ1) is 16.1. The van der Waals surface area contributed by atoms with Crippen LogP contribution < -0.4 is 5.32 Å². The van der Waals surface area contributed by atoms with Gasteiger partial charge in [0.1, 0.15) is 5.15 Å². The topological polar surface area (TPSA) is 29.9 Å². The molecule has 0 radical (unpaired) electrons. The van der Waals surface area contributed by atoms with Crippen LogP contribution in [0.25, 0.3) is 0 Å². The van der Waals surface area contributed by atoms with E-state index < -0.39 is 0 Å². The predicted molar refractivity (Wildman–Crippen MR) is 88.7 cm³/mol. The van der Waals surface area contributed by atoms with E-state index in [0.29, 0.717) is 5.92 Å². The highest BCUT2D eigenvalue weighted by Crippen LogP contribution is 2.20. The van der Waals surface area contributed by atoms with Crippen LogP contribution in [0.2, 0.25) is 5.15 Å². The number of nitrogens with zero attached hydrogens (tertiary/aromatic N) is 2. The number of rotatable bonds is 7. The highest BCUT2D eigenvalue weighted by atomic mass is 35.5. The molecule has 21 heavy (non-hydrogen) atoms. The van der Waals surface area contributed by atoms with E-state index in [4.69, 9.17) is 11.6 Å². The van der Waals surface area contributed by atoms with Gasteiger partial charge in [0.2, 0.25) is 0 Å². The molecule has 2 rings (SSSR count). The van der Waals surface area contributed by atoms with Crippen LogP contribution in [0.3, 0.4) is 0 Å². The first-order chi connectivity index (χ1) is 10.1. The van der Waals surface area contributed by atoms with E-state index in [2.05, 4.69) is 48.5 Å². The number of benzene rings is 1. The first-order valence-electron chi connectivity index (χ1n) is 7.54. The molecule has 0 unspecified atom stereocenters. The van der Waals surface area contributed by atoms with Gasteiger partial charge in [0.05, 0.1) is 5.69 Å². The number of nitrogens with one attached hydrogen (secondary N) is 1. The molecule has 1 aromatic carbocycles. The standard InChI is InChI=1S/C17H24ClN3/c1-13(2)12-21-17(18)16(14(3)20-21)11-19-10-9-15-7-5-4-6-8-15/h4-8,13,19H,9-12H2,1-3H3. The number of hydrogen-bond acceptors (Lipinski definition) is 2. The van der Waals surface area contributed by atoms with Crippen molar-refractivity contribution >= 4 is 11.6 Å². The Morgan fingerprint density at radius 2 is 1.95 bits per heavy atom. The molecular weight excluding hydrogens is 282 g/mol. The summed E-state index contributed by atoms with van der Waals surface area (Å²) in [4.78, 5) is 0. The molecule has 1 aromatic heterocycles. The van der Waals surface area contributed by atoms with E-state index in [1.165, 1.54) is 5.56 Å². The molecule has 0 aliphatic rings. The van der Waals surface area contributed by atoms with Crippen LogP contribution in [0, 0.1) is 12.8 Å². The van der Waals surface area contributed by atoms with Crippen LogP contribution >= 0.6 is 11.6 Å². The Balaban J connectivity index is 1.87. The zero-order valence-electron chi connectivity index (χ0n) is 13.1. The van der Waals surface area contributed by atoms with E-state index in [1.54, 1.807) is 0 Å². The molecule has 0 saturated carbocycles. The number of halogens is 1. The van der Waals surface area contributed by atoms with Gasteiger partial charge >= 0.3 is 0 Å². The molecule has 0 aliphatic heterocycles. The molecule has 0 fully saturated rings. The molecule has 0 bridgehead atoms. The van der Waals surface area contributed by atoms with Gasteiger partial charge in [-0.05, 0) is 31.4 Å². The van der Waals surface area contributed by atoms with Crippen molar-refractivity contribution in [1.82, 2.24) is 15.1 Å². The summed E-state index contributed by atoms with van der Waals surface area (Å²) >= 11 is 6.43. The molecule has 0 aliphatic carbocycles. The predicted octanol–water partition coefficient (Wildman–Crippen LogP) is 3.83. The van der Waals surface area contributed by atoms with E-state index in [1.807, 2.05) is 17.7 Å². The Kier molecular flexibility index (Phi) is 5.83. The second kappa shape index (κ2) is 7.62. The Morgan fingerprint density at radius 3 is 2.62 bits per heavy atom. The van der Waals surface area contributed by atoms with Gasteiger partial charge < -0.3 is 5.32 Å². The lowest BCUT2D eigenvalue weighted by molar-refractivity contribution is 0.481. The summed E-state index contributed by atoms with van der Waals surface area (Å²) in [7, 11) is 0. The van der Waals surface area contributed by atoms with Gasteiger partial charge in [-0.1, -0.05) is 55.8 Å². The second-order valence-electron chi connectivity index (χ2n) is 5.84. The van der Waals surface area contributed by atoms with E-state index in [-0.39, 0.29) is 0 Å². The van der Waals surface area contributed by atoms with E-state index in [9.17, 15) is 0 Å². The minimum Gasteiger partial charge on any atom is -0.312 e. The van der Waals surface area contributed by atoms with Gasteiger partial charge in [0.15, 0.2) is 0 Å². The third-order valence-electron chi connectivity index (χ3n) is 3.46. The highest BCUT2D eigenvalue weighted by Gasteiger charge is 2.13. The van der Waals surface area contributed by atoms with Gasteiger partial charge in [-0.3, -0.25) is 4.68 Å². The Morgan fingerprint density at radius 1 is 1.24 bits per heavy atom. The van der Waals surface area contributed by atoms with Crippen LogP contribution in [-0.2, 0) is 19.5 Å². The zero-order valence-corrected chi connectivity index (χ0v) is 13.8. The maximum atomic E-state index is 6.43.